The molecule has 0 aliphatic carbocycles. The molecule has 1 N–H and O–H groups in total. The van der Waals surface area contributed by atoms with E-state index in [1.165, 1.54) is 16.4 Å². The Labute approximate surface area is 152 Å². The highest BCUT2D eigenvalue weighted by molar-refractivity contribution is 7.89. The number of nitrogens with zero attached hydrogens (tertiary/aromatic N) is 3. The van der Waals surface area contributed by atoms with Gasteiger partial charge in [-0.05, 0) is 45.0 Å². The van der Waals surface area contributed by atoms with E-state index in [-0.39, 0.29) is 16.8 Å². The summed E-state index contributed by atoms with van der Waals surface area (Å²) in [7, 11) is -2.04. The quantitative estimate of drug-likeness (QED) is 0.824. The van der Waals surface area contributed by atoms with Crippen LogP contribution < -0.4 is 5.32 Å². The van der Waals surface area contributed by atoms with Gasteiger partial charge < -0.3 is 9.84 Å². The Kier molecular flexibility index (Phi) is 5.69. The average Bonchev–Trinajstić information content (AvgIpc) is 3.11. The van der Waals surface area contributed by atoms with Gasteiger partial charge in [-0.1, -0.05) is 11.6 Å². The van der Waals surface area contributed by atoms with E-state index in [1.54, 1.807) is 0 Å². The lowest BCUT2D eigenvalue weighted by atomic mass is 10.2. The van der Waals surface area contributed by atoms with Crippen LogP contribution in [0.2, 0.25) is 0 Å². The highest BCUT2D eigenvalue weighted by Crippen LogP contribution is 2.27. The molecule has 1 saturated heterocycles. The van der Waals surface area contributed by atoms with E-state index in [0.717, 1.165) is 25.3 Å². The lowest BCUT2D eigenvalue weighted by Gasteiger charge is -2.26. The van der Waals surface area contributed by atoms with Crippen molar-refractivity contribution in [2.45, 2.75) is 43.5 Å². The lowest BCUT2D eigenvalue weighted by molar-refractivity contribution is 0.345. The van der Waals surface area contributed by atoms with E-state index in [1.807, 2.05) is 14.0 Å². The van der Waals surface area contributed by atoms with Crippen molar-refractivity contribution in [1.82, 2.24) is 19.8 Å². The van der Waals surface area contributed by atoms with Crippen LogP contribution in [0.15, 0.2) is 27.6 Å². The number of halogens is 1. The van der Waals surface area contributed by atoms with Crippen LogP contribution in [-0.4, -0.2) is 49.0 Å². The minimum absolute atomic E-state index is 0.170. The Hall–Kier alpha value is -1.84. The van der Waals surface area contributed by atoms with Crippen LogP contribution in [0.25, 0.3) is 11.5 Å². The van der Waals surface area contributed by atoms with Gasteiger partial charge in [-0.15, -0.1) is 0 Å². The molecule has 9 heteroatoms. The summed E-state index contributed by atoms with van der Waals surface area (Å²) in [6.45, 7) is 2.81. The van der Waals surface area contributed by atoms with Crippen LogP contribution in [0.1, 0.15) is 32.0 Å². The highest BCUT2D eigenvalue weighted by atomic mass is 32.2. The van der Waals surface area contributed by atoms with E-state index in [0.29, 0.717) is 30.9 Å². The number of rotatable bonds is 6. The third-order valence-electron chi connectivity index (χ3n) is 4.56. The van der Waals surface area contributed by atoms with Crippen LogP contribution in [-0.2, 0) is 16.4 Å². The van der Waals surface area contributed by atoms with Crippen LogP contribution in [0.3, 0.4) is 0 Å². The first-order valence-electron chi connectivity index (χ1n) is 8.71. The number of aromatic nitrogens is 2. The summed E-state index contributed by atoms with van der Waals surface area (Å²) in [6, 6.07) is 4.02. The second kappa shape index (κ2) is 7.81. The SMILES string of the molecule is CNC(C)Cc1noc(-c2ccc(F)c(S(=O)(=O)N3CCCCC3)c2)n1. The summed E-state index contributed by atoms with van der Waals surface area (Å²) in [6.07, 6.45) is 3.14. The van der Waals surface area contributed by atoms with Crippen molar-refractivity contribution in [3.8, 4) is 11.5 Å². The molecule has 142 valence electrons. The summed E-state index contributed by atoms with van der Waals surface area (Å²) in [5.41, 5.74) is 0.387. The van der Waals surface area contributed by atoms with Gasteiger partial charge in [0.1, 0.15) is 10.7 Å². The summed E-state index contributed by atoms with van der Waals surface area (Å²) >= 11 is 0. The zero-order valence-electron chi connectivity index (χ0n) is 14.9. The Bertz CT molecular complexity index is 863. The maximum atomic E-state index is 14.3. The van der Waals surface area contributed by atoms with Crippen LogP contribution in [0.5, 0.6) is 0 Å². The smallest absolute Gasteiger partial charge is 0.257 e. The zero-order chi connectivity index (χ0) is 18.7. The van der Waals surface area contributed by atoms with Gasteiger partial charge in [0.05, 0.1) is 0 Å². The van der Waals surface area contributed by atoms with Crippen molar-refractivity contribution in [3.05, 3.63) is 29.8 Å². The second-order valence-corrected chi connectivity index (χ2v) is 8.43. The molecule has 26 heavy (non-hydrogen) atoms. The number of nitrogens with one attached hydrogen (secondary N) is 1. The molecule has 0 amide bonds. The molecular weight excluding hydrogens is 359 g/mol. The van der Waals surface area contributed by atoms with Gasteiger partial charge in [0, 0.05) is 31.1 Å². The Morgan fingerprint density at radius 2 is 2.04 bits per heavy atom. The van der Waals surface area contributed by atoms with Crippen LogP contribution in [0.4, 0.5) is 4.39 Å². The number of benzene rings is 1. The van der Waals surface area contributed by atoms with Gasteiger partial charge in [-0.25, -0.2) is 12.8 Å². The summed E-state index contributed by atoms with van der Waals surface area (Å²) < 4.78 is 46.4. The van der Waals surface area contributed by atoms with E-state index in [4.69, 9.17) is 4.52 Å². The monoisotopic (exact) mass is 382 g/mol. The van der Waals surface area contributed by atoms with E-state index in [9.17, 15) is 12.8 Å². The number of piperidine rings is 1. The predicted octanol–water partition coefficient (Wildman–Crippen LogP) is 2.20. The molecule has 7 nitrogen and oxygen atoms in total. The first kappa shape index (κ1) is 18.9. The average molecular weight is 382 g/mol. The molecule has 1 aliphatic rings. The molecule has 2 heterocycles. The minimum atomic E-state index is -3.88. The van der Waals surface area contributed by atoms with Crippen molar-refractivity contribution in [3.63, 3.8) is 0 Å². The number of hydrogen-bond acceptors (Lipinski definition) is 6. The molecule has 1 aromatic heterocycles. The van der Waals surface area contributed by atoms with Crippen LogP contribution in [0, 0.1) is 5.82 Å². The van der Waals surface area contributed by atoms with E-state index in [2.05, 4.69) is 15.5 Å². The molecule has 1 atom stereocenters. The number of hydrogen-bond donors (Lipinski definition) is 1. The molecular formula is C17H23FN4O3S. The molecule has 1 aliphatic heterocycles. The van der Waals surface area contributed by atoms with Crippen molar-refractivity contribution in [2.75, 3.05) is 20.1 Å². The fourth-order valence-corrected chi connectivity index (χ4v) is 4.52. The Morgan fingerprint density at radius 3 is 2.73 bits per heavy atom. The topological polar surface area (TPSA) is 88.3 Å². The Balaban J connectivity index is 1.90. The molecule has 3 rings (SSSR count). The minimum Gasteiger partial charge on any atom is -0.334 e. The first-order valence-corrected chi connectivity index (χ1v) is 10.2. The summed E-state index contributed by atoms with van der Waals surface area (Å²) in [4.78, 5) is 3.94. The van der Waals surface area contributed by atoms with Gasteiger partial charge in [0.25, 0.3) is 5.89 Å². The molecule has 1 fully saturated rings. The van der Waals surface area contributed by atoms with Crippen LogP contribution >= 0.6 is 0 Å². The van der Waals surface area contributed by atoms with E-state index < -0.39 is 15.8 Å². The van der Waals surface area contributed by atoms with Gasteiger partial charge in [0.2, 0.25) is 10.0 Å². The van der Waals surface area contributed by atoms with Crippen molar-refractivity contribution >= 4 is 10.0 Å². The molecule has 0 bridgehead atoms. The third kappa shape index (κ3) is 3.94. The van der Waals surface area contributed by atoms with Gasteiger partial charge >= 0.3 is 0 Å². The lowest BCUT2D eigenvalue weighted by Crippen LogP contribution is -2.36. The second-order valence-electron chi connectivity index (χ2n) is 6.52. The number of likely N-dealkylation sites (N-methyl/N-ethyl adjacent to an activating group) is 1. The maximum absolute atomic E-state index is 14.3. The molecule has 1 unspecified atom stereocenters. The molecule has 0 radical (unpaired) electrons. The molecule has 0 spiro atoms. The highest BCUT2D eigenvalue weighted by Gasteiger charge is 2.29. The Morgan fingerprint density at radius 1 is 1.31 bits per heavy atom. The fourth-order valence-electron chi connectivity index (χ4n) is 2.91. The van der Waals surface area contributed by atoms with E-state index >= 15 is 0 Å². The fraction of sp³-hybridized carbons (Fsp3) is 0.529. The maximum Gasteiger partial charge on any atom is 0.257 e. The summed E-state index contributed by atoms with van der Waals surface area (Å²) in [5.74, 6) is -0.0899. The largest absolute Gasteiger partial charge is 0.334 e. The van der Waals surface area contributed by atoms with Gasteiger partial charge in [0.15, 0.2) is 5.82 Å². The summed E-state index contributed by atoms with van der Waals surface area (Å²) in [5, 5.41) is 6.98. The first-order chi connectivity index (χ1) is 12.4. The van der Waals surface area contributed by atoms with Crippen molar-refractivity contribution in [2.24, 2.45) is 0 Å². The third-order valence-corrected chi connectivity index (χ3v) is 6.47. The molecule has 0 saturated carbocycles. The van der Waals surface area contributed by atoms with Crippen molar-refractivity contribution in [1.29, 1.82) is 0 Å². The molecule has 2 aromatic rings. The van der Waals surface area contributed by atoms with Gasteiger partial charge in [-0.2, -0.15) is 9.29 Å². The van der Waals surface area contributed by atoms with Crippen molar-refractivity contribution < 1.29 is 17.3 Å². The predicted molar refractivity (Wildman–Crippen MR) is 94.5 cm³/mol. The molecule has 1 aromatic carbocycles. The standard InChI is InChI=1S/C17H23FN4O3S/c1-12(19-2)10-16-20-17(25-21-16)13-6-7-14(18)15(11-13)26(23,24)22-8-4-3-5-9-22/h6-7,11-12,19H,3-5,8-10H2,1-2H3. The normalized spacial score (nSPS) is 17.3. The van der Waals surface area contributed by atoms with Gasteiger partial charge in [-0.3, -0.25) is 0 Å². The zero-order valence-corrected chi connectivity index (χ0v) is 15.7. The number of sulfonamides is 1.